The Balaban J connectivity index is 1.98. The molecule has 1 atom stereocenters. The number of rotatable bonds is 6. The molecular formula is C18H27N3O2. The molecule has 0 radical (unpaired) electrons. The monoisotopic (exact) mass is 317 g/mol. The number of hydrogen-bond acceptors (Lipinski definition) is 3. The normalized spacial score (nSPS) is 18.0. The third kappa shape index (κ3) is 5.27. The van der Waals surface area contributed by atoms with Gasteiger partial charge in [0.2, 0.25) is 11.8 Å². The molecule has 0 bridgehead atoms. The fraction of sp³-hybridized carbons (Fsp3) is 0.556. The molecule has 2 rings (SSSR count). The van der Waals surface area contributed by atoms with Crippen LogP contribution in [0.1, 0.15) is 39.0 Å². The van der Waals surface area contributed by atoms with E-state index < -0.39 is 0 Å². The summed E-state index contributed by atoms with van der Waals surface area (Å²) in [5.74, 6) is 0.184. The molecule has 1 aromatic rings. The fourth-order valence-electron chi connectivity index (χ4n) is 3.06. The topological polar surface area (TPSA) is 61.4 Å². The molecule has 2 N–H and O–H groups in total. The lowest BCUT2D eigenvalue weighted by molar-refractivity contribution is -0.122. The highest BCUT2D eigenvalue weighted by atomic mass is 16.2. The van der Waals surface area contributed by atoms with E-state index in [1.807, 2.05) is 31.3 Å². The van der Waals surface area contributed by atoms with Gasteiger partial charge in [-0.05, 0) is 37.3 Å². The summed E-state index contributed by atoms with van der Waals surface area (Å²) in [6.45, 7) is 3.80. The van der Waals surface area contributed by atoms with Gasteiger partial charge in [-0.1, -0.05) is 19.1 Å². The first-order chi connectivity index (χ1) is 11.1. The van der Waals surface area contributed by atoms with Gasteiger partial charge in [0.05, 0.1) is 11.4 Å². The number of amides is 2. The van der Waals surface area contributed by atoms with Crippen LogP contribution in [-0.4, -0.2) is 32.0 Å². The first-order valence-electron chi connectivity index (χ1n) is 8.47. The van der Waals surface area contributed by atoms with Crippen LogP contribution in [0.25, 0.3) is 0 Å². The summed E-state index contributed by atoms with van der Waals surface area (Å²) in [6.07, 6.45) is 3.77. The smallest absolute Gasteiger partial charge is 0.224 e. The standard InChI is InChI=1S/C18H27N3O2/c1-3-11-21(2)16-9-5-4-8-15(16)20-18(23)13-14-7-6-10-19-17(22)12-14/h4-5,8-9,14H,3,6-7,10-13H2,1-2H3,(H,19,22)(H,20,23). The van der Waals surface area contributed by atoms with E-state index >= 15 is 0 Å². The van der Waals surface area contributed by atoms with Crippen molar-refractivity contribution < 1.29 is 9.59 Å². The Hall–Kier alpha value is -2.04. The van der Waals surface area contributed by atoms with E-state index in [1.54, 1.807) is 0 Å². The van der Waals surface area contributed by atoms with Gasteiger partial charge < -0.3 is 15.5 Å². The van der Waals surface area contributed by atoms with E-state index in [4.69, 9.17) is 0 Å². The number of para-hydroxylation sites is 2. The summed E-state index contributed by atoms with van der Waals surface area (Å²) >= 11 is 0. The summed E-state index contributed by atoms with van der Waals surface area (Å²) in [6, 6.07) is 7.86. The molecule has 0 aromatic heterocycles. The largest absolute Gasteiger partial charge is 0.373 e. The Kier molecular flexibility index (Phi) is 6.44. The highest BCUT2D eigenvalue weighted by Crippen LogP contribution is 2.26. The lowest BCUT2D eigenvalue weighted by Gasteiger charge is -2.22. The Morgan fingerprint density at radius 2 is 2.17 bits per heavy atom. The van der Waals surface area contributed by atoms with Crippen molar-refractivity contribution in [2.45, 2.75) is 39.0 Å². The molecular weight excluding hydrogens is 290 g/mol. The molecule has 1 heterocycles. The Morgan fingerprint density at radius 1 is 1.39 bits per heavy atom. The third-order valence-electron chi connectivity index (χ3n) is 4.21. The average molecular weight is 317 g/mol. The van der Waals surface area contributed by atoms with Gasteiger partial charge in [0, 0.05) is 33.0 Å². The number of hydrogen-bond donors (Lipinski definition) is 2. The van der Waals surface area contributed by atoms with Crippen molar-refractivity contribution in [2.24, 2.45) is 5.92 Å². The molecule has 2 amide bonds. The van der Waals surface area contributed by atoms with Crippen LogP contribution in [-0.2, 0) is 9.59 Å². The first kappa shape index (κ1) is 17.3. The molecule has 0 aliphatic carbocycles. The van der Waals surface area contributed by atoms with Gasteiger partial charge in [0.15, 0.2) is 0 Å². The number of carbonyl (C=O) groups is 2. The van der Waals surface area contributed by atoms with E-state index in [0.29, 0.717) is 12.8 Å². The maximum absolute atomic E-state index is 12.4. The predicted octanol–water partition coefficient (Wildman–Crippen LogP) is 2.78. The molecule has 1 aliphatic rings. The molecule has 5 nitrogen and oxygen atoms in total. The zero-order valence-electron chi connectivity index (χ0n) is 14.1. The molecule has 1 aliphatic heterocycles. The van der Waals surface area contributed by atoms with Crippen LogP contribution < -0.4 is 15.5 Å². The van der Waals surface area contributed by atoms with Crippen LogP contribution in [0.2, 0.25) is 0 Å². The van der Waals surface area contributed by atoms with Crippen molar-refractivity contribution in [3.8, 4) is 0 Å². The number of anilines is 2. The fourth-order valence-corrected chi connectivity index (χ4v) is 3.06. The number of benzene rings is 1. The van der Waals surface area contributed by atoms with Crippen molar-refractivity contribution in [1.82, 2.24) is 5.32 Å². The van der Waals surface area contributed by atoms with Crippen LogP contribution in [0, 0.1) is 5.92 Å². The summed E-state index contributed by atoms with van der Waals surface area (Å²) < 4.78 is 0. The lowest BCUT2D eigenvalue weighted by Crippen LogP contribution is -2.24. The zero-order chi connectivity index (χ0) is 16.7. The number of carbonyl (C=O) groups excluding carboxylic acids is 2. The van der Waals surface area contributed by atoms with E-state index in [9.17, 15) is 9.59 Å². The molecule has 1 fully saturated rings. The molecule has 0 spiro atoms. The van der Waals surface area contributed by atoms with Crippen molar-refractivity contribution in [3.63, 3.8) is 0 Å². The second-order valence-corrected chi connectivity index (χ2v) is 6.25. The zero-order valence-corrected chi connectivity index (χ0v) is 14.1. The van der Waals surface area contributed by atoms with Crippen LogP contribution in [0.15, 0.2) is 24.3 Å². The highest BCUT2D eigenvalue weighted by molar-refractivity contribution is 5.94. The quantitative estimate of drug-likeness (QED) is 0.848. The third-order valence-corrected chi connectivity index (χ3v) is 4.21. The van der Waals surface area contributed by atoms with E-state index in [2.05, 4.69) is 22.5 Å². The van der Waals surface area contributed by atoms with Gasteiger partial charge in [-0.15, -0.1) is 0 Å². The van der Waals surface area contributed by atoms with E-state index in [-0.39, 0.29) is 17.7 Å². The van der Waals surface area contributed by atoms with Crippen molar-refractivity contribution >= 4 is 23.2 Å². The summed E-state index contributed by atoms with van der Waals surface area (Å²) in [4.78, 5) is 26.1. The summed E-state index contributed by atoms with van der Waals surface area (Å²) in [5, 5.41) is 5.88. The Morgan fingerprint density at radius 3 is 2.96 bits per heavy atom. The Bertz CT molecular complexity index is 545. The van der Waals surface area contributed by atoms with Crippen molar-refractivity contribution in [1.29, 1.82) is 0 Å². The van der Waals surface area contributed by atoms with Crippen molar-refractivity contribution in [2.75, 3.05) is 30.4 Å². The maximum Gasteiger partial charge on any atom is 0.224 e. The van der Waals surface area contributed by atoms with Gasteiger partial charge in [-0.2, -0.15) is 0 Å². The second kappa shape index (κ2) is 8.56. The van der Waals surface area contributed by atoms with Gasteiger partial charge in [-0.25, -0.2) is 0 Å². The van der Waals surface area contributed by atoms with Crippen LogP contribution in [0.5, 0.6) is 0 Å². The maximum atomic E-state index is 12.4. The van der Waals surface area contributed by atoms with Gasteiger partial charge in [0.1, 0.15) is 0 Å². The molecule has 23 heavy (non-hydrogen) atoms. The van der Waals surface area contributed by atoms with E-state index in [0.717, 1.165) is 43.7 Å². The van der Waals surface area contributed by atoms with Gasteiger partial charge in [-0.3, -0.25) is 9.59 Å². The molecule has 0 saturated carbocycles. The Labute approximate surface area is 138 Å². The molecule has 5 heteroatoms. The highest BCUT2D eigenvalue weighted by Gasteiger charge is 2.20. The molecule has 1 unspecified atom stereocenters. The van der Waals surface area contributed by atoms with Crippen molar-refractivity contribution in [3.05, 3.63) is 24.3 Å². The van der Waals surface area contributed by atoms with Crippen LogP contribution >= 0.6 is 0 Å². The first-order valence-corrected chi connectivity index (χ1v) is 8.47. The lowest BCUT2D eigenvalue weighted by atomic mass is 9.96. The average Bonchev–Trinajstić information content (AvgIpc) is 2.72. The molecule has 1 saturated heterocycles. The van der Waals surface area contributed by atoms with E-state index in [1.165, 1.54) is 0 Å². The van der Waals surface area contributed by atoms with Crippen LogP contribution in [0.4, 0.5) is 11.4 Å². The van der Waals surface area contributed by atoms with Crippen LogP contribution in [0.3, 0.4) is 0 Å². The van der Waals surface area contributed by atoms with Gasteiger partial charge in [0.25, 0.3) is 0 Å². The minimum Gasteiger partial charge on any atom is -0.373 e. The number of nitrogens with zero attached hydrogens (tertiary/aromatic N) is 1. The summed E-state index contributed by atoms with van der Waals surface area (Å²) in [5.41, 5.74) is 1.87. The molecule has 126 valence electrons. The SMILES string of the molecule is CCCN(C)c1ccccc1NC(=O)CC1CCCNC(=O)C1. The minimum absolute atomic E-state index is 0.0120. The summed E-state index contributed by atoms with van der Waals surface area (Å²) in [7, 11) is 2.03. The number of nitrogens with one attached hydrogen (secondary N) is 2. The van der Waals surface area contributed by atoms with Gasteiger partial charge >= 0.3 is 0 Å². The minimum atomic E-state index is -0.0120. The second-order valence-electron chi connectivity index (χ2n) is 6.25. The molecule has 1 aromatic carbocycles. The predicted molar refractivity (Wildman–Crippen MR) is 93.6 cm³/mol.